The van der Waals surface area contributed by atoms with Crippen molar-refractivity contribution < 1.29 is 28.5 Å². The van der Waals surface area contributed by atoms with Gasteiger partial charge in [-0.05, 0) is 36.8 Å². The molecule has 5 rings (SSSR count). The lowest BCUT2D eigenvalue weighted by Gasteiger charge is -2.29. The van der Waals surface area contributed by atoms with Crippen molar-refractivity contribution in [3.63, 3.8) is 0 Å². The zero-order valence-electron chi connectivity index (χ0n) is 15.1. The van der Waals surface area contributed by atoms with Crippen LogP contribution in [0.25, 0.3) is 0 Å². The number of nitrogens with zero attached hydrogens (tertiary/aromatic N) is 1. The van der Waals surface area contributed by atoms with E-state index in [-0.39, 0.29) is 25.9 Å². The number of rotatable bonds is 3. The van der Waals surface area contributed by atoms with Gasteiger partial charge < -0.3 is 24.3 Å². The number of urea groups is 1. The second-order valence-electron chi connectivity index (χ2n) is 7.04. The molecular weight excluding hydrogens is 364 g/mol. The van der Waals surface area contributed by atoms with Crippen LogP contribution in [0.2, 0.25) is 0 Å². The van der Waals surface area contributed by atoms with Crippen molar-refractivity contribution in [2.45, 2.75) is 18.6 Å². The topological polar surface area (TPSA) is 86.3 Å². The maximum absolute atomic E-state index is 13.1. The molecule has 1 N–H and O–H groups in total. The van der Waals surface area contributed by atoms with Gasteiger partial charge in [-0.25, -0.2) is 4.79 Å². The van der Waals surface area contributed by atoms with Crippen LogP contribution in [0.3, 0.4) is 0 Å². The van der Waals surface area contributed by atoms with E-state index < -0.39 is 17.7 Å². The number of nitrogens with one attached hydrogen (secondary N) is 1. The zero-order valence-corrected chi connectivity index (χ0v) is 15.1. The van der Waals surface area contributed by atoms with E-state index in [9.17, 15) is 9.59 Å². The van der Waals surface area contributed by atoms with Crippen LogP contribution in [0.15, 0.2) is 42.5 Å². The summed E-state index contributed by atoms with van der Waals surface area (Å²) in [5.41, 5.74) is -0.561. The number of fused-ring (bicyclic) bond motifs is 2. The first-order chi connectivity index (χ1) is 13.5. The molecular formula is C20H18N2O6. The molecule has 0 spiro atoms. The van der Waals surface area contributed by atoms with E-state index in [4.69, 9.17) is 18.9 Å². The van der Waals surface area contributed by atoms with Crippen LogP contribution in [-0.4, -0.2) is 42.9 Å². The first-order valence-corrected chi connectivity index (χ1v) is 8.97. The molecule has 0 radical (unpaired) electrons. The minimum atomic E-state index is -1.19. The molecule has 1 saturated heterocycles. The largest absolute Gasteiger partial charge is 0.486 e. The fraction of sp³-hybridized carbons (Fsp3) is 0.300. The maximum Gasteiger partial charge on any atom is 0.325 e. The predicted molar refractivity (Wildman–Crippen MR) is 96.5 cm³/mol. The summed E-state index contributed by atoms with van der Waals surface area (Å²) in [5.74, 6) is 2.08. The Labute approximate surface area is 160 Å². The fourth-order valence-corrected chi connectivity index (χ4v) is 3.62. The Balaban J connectivity index is 1.36. The molecule has 1 fully saturated rings. The summed E-state index contributed by atoms with van der Waals surface area (Å²) in [6, 6.07) is 12.1. The normalized spacial score (nSPS) is 25.0. The summed E-state index contributed by atoms with van der Waals surface area (Å²) >= 11 is 0. The Morgan fingerprint density at radius 2 is 1.79 bits per heavy atom. The quantitative estimate of drug-likeness (QED) is 0.818. The number of amides is 3. The average molecular weight is 382 g/mol. The van der Waals surface area contributed by atoms with E-state index in [1.54, 1.807) is 31.2 Å². The van der Waals surface area contributed by atoms with Gasteiger partial charge in [0.15, 0.2) is 29.1 Å². The highest BCUT2D eigenvalue weighted by Gasteiger charge is 2.50. The molecule has 144 valence electrons. The first kappa shape index (κ1) is 16.7. The predicted octanol–water partition coefficient (Wildman–Crippen LogP) is 2.02. The number of imide groups is 1. The van der Waals surface area contributed by atoms with E-state index in [1.165, 1.54) is 4.90 Å². The minimum Gasteiger partial charge on any atom is -0.486 e. The summed E-state index contributed by atoms with van der Waals surface area (Å²) in [7, 11) is 0. The van der Waals surface area contributed by atoms with E-state index in [0.29, 0.717) is 28.6 Å². The highest BCUT2D eigenvalue weighted by Crippen LogP contribution is 2.38. The van der Waals surface area contributed by atoms with Crippen molar-refractivity contribution in [1.29, 1.82) is 0 Å². The van der Waals surface area contributed by atoms with Gasteiger partial charge in [-0.1, -0.05) is 18.2 Å². The lowest BCUT2D eigenvalue weighted by Crippen LogP contribution is -2.45. The Morgan fingerprint density at radius 1 is 1.04 bits per heavy atom. The third-order valence-electron chi connectivity index (χ3n) is 5.18. The summed E-state index contributed by atoms with van der Waals surface area (Å²) in [6.07, 6.45) is -0.441. The molecule has 0 saturated carbocycles. The van der Waals surface area contributed by atoms with Crippen LogP contribution in [0.5, 0.6) is 23.0 Å². The fourth-order valence-electron chi connectivity index (χ4n) is 3.62. The summed E-state index contributed by atoms with van der Waals surface area (Å²) in [4.78, 5) is 26.9. The molecule has 3 heterocycles. The highest BCUT2D eigenvalue weighted by molar-refractivity contribution is 6.07. The molecule has 3 amide bonds. The Kier molecular flexibility index (Phi) is 3.61. The molecule has 28 heavy (non-hydrogen) atoms. The highest BCUT2D eigenvalue weighted by atomic mass is 16.7. The minimum absolute atomic E-state index is 0.0964. The molecule has 3 aliphatic rings. The van der Waals surface area contributed by atoms with E-state index in [0.717, 1.165) is 0 Å². The van der Waals surface area contributed by atoms with E-state index in [2.05, 4.69) is 5.32 Å². The molecule has 2 aromatic rings. The maximum atomic E-state index is 13.1. The molecule has 8 nitrogen and oxygen atoms in total. The molecule has 0 unspecified atom stereocenters. The van der Waals surface area contributed by atoms with Gasteiger partial charge >= 0.3 is 6.03 Å². The van der Waals surface area contributed by atoms with Crippen LogP contribution in [0.1, 0.15) is 12.5 Å². The second kappa shape index (κ2) is 6.05. The van der Waals surface area contributed by atoms with Crippen molar-refractivity contribution in [1.82, 2.24) is 10.2 Å². The van der Waals surface area contributed by atoms with Crippen molar-refractivity contribution in [2.24, 2.45) is 0 Å². The average Bonchev–Trinajstić information content (AvgIpc) is 3.26. The second-order valence-corrected chi connectivity index (χ2v) is 7.04. The Morgan fingerprint density at radius 3 is 2.64 bits per heavy atom. The van der Waals surface area contributed by atoms with E-state index >= 15 is 0 Å². The van der Waals surface area contributed by atoms with Gasteiger partial charge in [-0.2, -0.15) is 0 Å². The number of benzene rings is 2. The van der Waals surface area contributed by atoms with Crippen LogP contribution >= 0.6 is 0 Å². The zero-order chi connectivity index (χ0) is 19.3. The molecule has 0 aromatic heterocycles. The first-order valence-electron chi connectivity index (χ1n) is 8.97. The van der Waals surface area contributed by atoms with Gasteiger partial charge in [0.05, 0.1) is 6.54 Å². The van der Waals surface area contributed by atoms with Gasteiger partial charge in [0.1, 0.15) is 12.1 Å². The molecule has 2 atom stereocenters. The summed E-state index contributed by atoms with van der Waals surface area (Å²) in [6.45, 7) is 2.18. The lowest BCUT2D eigenvalue weighted by molar-refractivity contribution is -0.132. The number of para-hydroxylation sites is 2. The van der Waals surface area contributed by atoms with Gasteiger partial charge in [-0.3, -0.25) is 9.69 Å². The number of carbonyl (C=O) groups excluding carboxylic acids is 2. The molecule has 0 bridgehead atoms. The number of carbonyl (C=O) groups is 2. The van der Waals surface area contributed by atoms with Crippen LogP contribution in [0.4, 0.5) is 4.79 Å². The van der Waals surface area contributed by atoms with E-state index in [1.807, 2.05) is 18.2 Å². The third-order valence-corrected chi connectivity index (χ3v) is 5.18. The number of ether oxygens (including phenoxy) is 4. The molecule has 0 aliphatic carbocycles. The smallest absolute Gasteiger partial charge is 0.325 e. The third kappa shape index (κ3) is 2.52. The molecule has 8 heteroatoms. The summed E-state index contributed by atoms with van der Waals surface area (Å²) in [5, 5.41) is 2.79. The van der Waals surface area contributed by atoms with Crippen molar-refractivity contribution >= 4 is 11.9 Å². The van der Waals surface area contributed by atoms with Crippen LogP contribution in [-0.2, 0) is 10.3 Å². The van der Waals surface area contributed by atoms with Gasteiger partial charge in [-0.15, -0.1) is 0 Å². The molecule has 2 aromatic carbocycles. The van der Waals surface area contributed by atoms with Crippen molar-refractivity contribution in [2.75, 3.05) is 19.9 Å². The molecule has 3 aliphatic heterocycles. The standard InChI is InChI=1S/C20H18N2O6/c1-20(12-6-7-15-17(8-12)27-11-26-15)18(23)22(19(24)21-20)9-13-10-25-14-4-2-3-5-16(14)28-13/h2-8,13H,9-11H2,1H3,(H,21,24)/t13-,20+/m0/s1. The Bertz CT molecular complexity index is 977. The van der Waals surface area contributed by atoms with Crippen LogP contribution in [0, 0.1) is 0 Å². The van der Waals surface area contributed by atoms with Gasteiger partial charge in [0.2, 0.25) is 6.79 Å². The SMILES string of the molecule is C[C@]1(c2ccc3c(c2)OCO3)NC(=O)N(C[C@H]2COc3ccccc3O2)C1=O. The van der Waals surface area contributed by atoms with Crippen molar-refractivity contribution in [3.8, 4) is 23.0 Å². The Hall–Kier alpha value is -3.42. The lowest BCUT2D eigenvalue weighted by atomic mass is 9.91. The van der Waals surface area contributed by atoms with Crippen molar-refractivity contribution in [3.05, 3.63) is 48.0 Å². The number of hydrogen-bond acceptors (Lipinski definition) is 6. The van der Waals surface area contributed by atoms with Crippen LogP contribution < -0.4 is 24.3 Å². The summed E-state index contributed by atoms with van der Waals surface area (Å²) < 4.78 is 22.3. The van der Waals surface area contributed by atoms with Gasteiger partial charge in [0.25, 0.3) is 5.91 Å². The van der Waals surface area contributed by atoms with Gasteiger partial charge in [0, 0.05) is 0 Å². The monoisotopic (exact) mass is 382 g/mol. The number of hydrogen-bond donors (Lipinski definition) is 1.